The van der Waals surface area contributed by atoms with Gasteiger partial charge >= 0.3 is 5.97 Å². The highest BCUT2D eigenvalue weighted by atomic mass is 32.2. The lowest BCUT2D eigenvalue weighted by molar-refractivity contribution is -0.152. The van der Waals surface area contributed by atoms with Crippen LogP contribution in [-0.2, 0) is 14.6 Å². The standard InChI is InChI=1S/C14H26O4S/c1-3-12-6-9-14(10-7-12,13(15)16)8-5-11-19(17,18)4-2/h12H,3-11H2,1-2H3,(H,15,16). The molecular formula is C14H26O4S. The van der Waals surface area contributed by atoms with Crippen molar-refractivity contribution in [1.29, 1.82) is 0 Å². The summed E-state index contributed by atoms with van der Waals surface area (Å²) in [6.07, 6.45) is 5.41. The van der Waals surface area contributed by atoms with Crippen LogP contribution in [0, 0.1) is 11.3 Å². The summed E-state index contributed by atoms with van der Waals surface area (Å²) < 4.78 is 22.9. The molecule has 0 aromatic heterocycles. The molecule has 1 rings (SSSR count). The smallest absolute Gasteiger partial charge is 0.309 e. The van der Waals surface area contributed by atoms with Crippen molar-refractivity contribution in [1.82, 2.24) is 0 Å². The van der Waals surface area contributed by atoms with Crippen molar-refractivity contribution >= 4 is 15.8 Å². The number of hydrogen-bond donors (Lipinski definition) is 1. The molecule has 112 valence electrons. The van der Waals surface area contributed by atoms with Crippen LogP contribution in [0.2, 0.25) is 0 Å². The van der Waals surface area contributed by atoms with Gasteiger partial charge in [-0.15, -0.1) is 0 Å². The Labute approximate surface area is 116 Å². The molecule has 0 heterocycles. The number of aliphatic carboxylic acids is 1. The summed E-state index contributed by atoms with van der Waals surface area (Å²) in [5.74, 6) is 0.170. The molecule has 19 heavy (non-hydrogen) atoms. The van der Waals surface area contributed by atoms with E-state index in [1.165, 1.54) is 0 Å². The number of carboxylic acid groups (broad SMARTS) is 1. The first-order valence-electron chi connectivity index (χ1n) is 7.29. The highest BCUT2D eigenvalue weighted by Gasteiger charge is 2.41. The van der Waals surface area contributed by atoms with E-state index in [4.69, 9.17) is 0 Å². The Balaban J connectivity index is 2.57. The SMILES string of the molecule is CCC1CCC(CCCS(=O)(=O)CC)(C(=O)O)CC1. The van der Waals surface area contributed by atoms with E-state index < -0.39 is 21.2 Å². The highest BCUT2D eigenvalue weighted by Crippen LogP contribution is 2.43. The summed E-state index contributed by atoms with van der Waals surface area (Å²) in [6.45, 7) is 3.78. The summed E-state index contributed by atoms with van der Waals surface area (Å²) >= 11 is 0. The first-order valence-corrected chi connectivity index (χ1v) is 9.11. The Bertz CT molecular complexity index is 392. The van der Waals surface area contributed by atoms with Gasteiger partial charge in [0.15, 0.2) is 0 Å². The van der Waals surface area contributed by atoms with Gasteiger partial charge in [0.1, 0.15) is 9.84 Å². The van der Waals surface area contributed by atoms with E-state index in [0.29, 0.717) is 31.6 Å². The molecule has 0 spiro atoms. The lowest BCUT2D eigenvalue weighted by Gasteiger charge is -2.36. The third-order valence-corrected chi connectivity index (χ3v) is 6.43. The zero-order chi connectivity index (χ0) is 14.5. The van der Waals surface area contributed by atoms with Crippen molar-refractivity contribution in [3.8, 4) is 0 Å². The predicted octanol–water partition coefficient (Wildman–Crippen LogP) is 2.87. The third-order valence-electron chi connectivity index (χ3n) is 4.64. The Kier molecular flexibility index (Phi) is 5.83. The Hall–Kier alpha value is -0.580. The van der Waals surface area contributed by atoms with Crippen LogP contribution < -0.4 is 0 Å². The summed E-state index contributed by atoms with van der Waals surface area (Å²) in [6, 6.07) is 0. The van der Waals surface area contributed by atoms with Crippen LogP contribution in [-0.4, -0.2) is 31.0 Å². The zero-order valence-electron chi connectivity index (χ0n) is 12.0. The van der Waals surface area contributed by atoms with Crippen LogP contribution in [0.4, 0.5) is 0 Å². The minimum absolute atomic E-state index is 0.121. The lowest BCUT2D eigenvalue weighted by Crippen LogP contribution is -2.35. The molecule has 0 unspecified atom stereocenters. The summed E-state index contributed by atoms with van der Waals surface area (Å²) in [4.78, 5) is 11.5. The van der Waals surface area contributed by atoms with E-state index >= 15 is 0 Å². The predicted molar refractivity (Wildman–Crippen MR) is 75.9 cm³/mol. The molecule has 1 fully saturated rings. The Morgan fingerprint density at radius 3 is 2.26 bits per heavy atom. The zero-order valence-corrected chi connectivity index (χ0v) is 12.8. The van der Waals surface area contributed by atoms with Crippen molar-refractivity contribution in [3.63, 3.8) is 0 Å². The number of rotatable bonds is 7. The average molecular weight is 290 g/mol. The Morgan fingerprint density at radius 1 is 1.26 bits per heavy atom. The maximum absolute atomic E-state index is 11.5. The molecular weight excluding hydrogens is 264 g/mol. The van der Waals surface area contributed by atoms with Crippen LogP contribution in [0.5, 0.6) is 0 Å². The van der Waals surface area contributed by atoms with Crippen LogP contribution in [0.3, 0.4) is 0 Å². The molecule has 1 aliphatic rings. The van der Waals surface area contributed by atoms with Crippen molar-refractivity contribution in [2.45, 2.75) is 58.8 Å². The molecule has 0 aromatic rings. The second-order valence-electron chi connectivity index (χ2n) is 5.78. The van der Waals surface area contributed by atoms with Gasteiger partial charge in [-0.05, 0) is 44.4 Å². The molecule has 1 aliphatic carbocycles. The molecule has 1 N–H and O–H groups in total. The quantitative estimate of drug-likeness (QED) is 0.782. The van der Waals surface area contributed by atoms with E-state index in [-0.39, 0.29) is 11.5 Å². The molecule has 0 amide bonds. The largest absolute Gasteiger partial charge is 0.481 e. The van der Waals surface area contributed by atoms with Crippen molar-refractivity contribution in [2.24, 2.45) is 11.3 Å². The fourth-order valence-corrected chi connectivity index (χ4v) is 3.86. The second kappa shape index (κ2) is 6.73. The van der Waals surface area contributed by atoms with E-state index in [2.05, 4.69) is 6.92 Å². The third kappa shape index (κ3) is 4.48. The molecule has 0 aliphatic heterocycles. The second-order valence-corrected chi connectivity index (χ2v) is 8.25. The van der Waals surface area contributed by atoms with Crippen LogP contribution >= 0.6 is 0 Å². The summed E-state index contributed by atoms with van der Waals surface area (Å²) in [5.41, 5.74) is -0.672. The van der Waals surface area contributed by atoms with Gasteiger partial charge in [-0.3, -0.25) is 4.79 Å². The highest BCUT2D eigenvalue weighted by molar-refractivity contribution is 7.91. The topological polar surface area (TPSA) is 71.4 Å². The molecule has 1 saturated carbocycles. The van der Waals surface area contributed by atoms with Crippen molar-refractivity contribution < 1.29 is 18.3 Å². The maximum Gasteiger partial charge on any atom is 0.309 e. The minimum atomic E-state index is -2.98. The number of carbonyl (C=O) groups is 1. The molecule has 5 heteroatoms. The fourth-order valence-electron chi connectivity index (χ4n) is 2.98. The molecule has 0 saturated heterocycles. The van der Waals surface area contributed by atoms with Gasteiger partial charge in [0, 0.05) is 5.75 Å². The van der Waals surface area contributed by atoms with Crippen LogP contribution in [0.1, 0.15) is 58.8 Å². The van der Waals surface area contributed by atoms with Gasteiger partial charge in [-0.25, -0.2) is 8.42 Å². The average Bonchev–Trinajstić information content (AvgIpc) is 2.39. The van der Waals surface area contributed by atoms with Crippen molar-refractivity contribution in [2.75, 3.05) is 11.5 Å². The van der Waals surface area contributed by atoms with Gasteiger partial charge in [0.05, 0.1) is 11.2 Å². The first kappa shape index (κ1) is 16.5. The van der Waals surface area contributed by atoms with Gasteiger partial charge in [-0.2, -0.15) is 0 Å². The molecule has 0 aromatic carbocycles. The molecule has 4 nitrogen and oxygen atoms in total. The van der Waals surface area contributed by atoms with Gasteiger partial charge < -0.3 is 5.11 Å². The van der Waals surface area contributed by atoms with Gasteiger partial charge in [0.2, 0.25) is 0 Å². The van der Waals surface area contributed by atoms with E-state index in [1.807, 2.05) is 0 Å². The van der Waals surface area contributed by atoms with Crippen LogP contribution in [0.25, 0.3) is 0 Å². The monoisotopic (exact) mass is 290 g/mol. The van der Waals surface area contributed by atoms with Crippen molar-refractivity contribution in [3.05, 3.63) is 0 Å². The normalized spacial score (nSPS) is 28.2. The number of hydrogen-bond acceptors (Lipinski definition) is 3. The summed E-state index contributed by atoms with van der Waals surface area (Å²) in [5, 5.41) is 9.48. The minimum Gasteiger partial charge on any atom is -0.481 e. The Morgan fingerprint density at radius 2 is 1.84 bits per heavy atom. The van der Waals surface area contributed by atoms with E-state index in [0.717, 1.165) is 19.3 Å². The van der Waals surface area contributed by atoms with E-state index in [9.17, 15) is 18.3 Å². The number of carboxylic acids is 1. The van der Waals surface area contributed by atoms with E-state index in [1.54, 1.807) is 6.92 Å². The number of sulfone groups is 1. The van der Waals surface area contributed by atoms with Crippen LogP contribution in [0.15, 0.2) is 0 Å². The lowest BCUT2D eigenvalue weighted by atomic mass is 9.67. The molecule has 0 atom stereocenters. The van der Waals surface area contributed by atoms with Gasteiger partial charge in [0.25, 0.3) is 0 Å². The maximum atomic E-state index is 11.5. The molecule has 0 radical (unpaired) electrons. The first-order chi connectivity index (χ1) is 8.85. The van der Waals surface area contributed by atoms with Gasteiger partial charge in [-0.1, -0.05) is 20.3 Å². The summed E-state index contributed by atoms with van der Waals surface area (Å²) in [7, 11) is -2.98. The fraction of sp³-hybridized carbons (Fsp3) is 0.929. The molecule has 0 bridgehead atoms.